The number of anilines is 1. The molecule has 0 saturated heterocycles. The van der Waals surface area contributed by atoms with Gasteiger partial charge in [-0.3, -0.25) is 4.68 Å². The predicted octanol–water partition coefficient (Wildman–Crippen LogP) is 1.72. The van der Waals surface area contributed by atoms with Gasteiger partial charge in [-0.25, -0.2) is 9.97 Å². The lowest BCUT2D eigenvalue weighted by atomic mass is 10.5. The summed E-state index contributed by atoms with van der Waals surface area (Å²) in [6, 6.07) is 2.04. The van der Waals surface area contributed by atoms with Gasteiger partial charge in [-0.05, 0) is 15.9 Å². The van der Waals surface area contributed by atoms with Crippen molar-refractivity contribution in [1.82, 2.24) is 19.7 Å². The van der Waals surface area contributed by atoms with Crippen LogP contribution in [0.2, 0.25) is 0 Å². The van der Waals surface area contributed by atoms with Crippen LogP contribution >= 0.6 is 15.9 Å². The van der Waals surface area contributed by atoms with Crippen LogP contribution < -0.4 is 10.5 Å². The van der Waals surface area contributed by atoms with Gasteiger partial charge in [-0.2, -0.15) is 10.4 Å². The smallest absolute Gasteiger partial charge is 0.263 e. The van der Waals surface area contributed by atoms with Crippen LogP contribution in [0.3, 0.4) is 0 Å². The predicted molar refractivity (Wildman–Crippen MR) is 66.7 cm³/mol. The third-order valence-corrected chi connectivity index (χ3v) is 2.40. The molecule has 8 heteroatoms. The summed E-state index contributed by atoms with van der Waals surface area (Å²) < 4.78 is 7.60. The van der Waals surface area contributed by atoms with Gasteiger partial charge in [0.25, 0.3) is 5.88 Å². The number of hydrogen-bond acceptors (Lipinski definition) is 6. The number of aromatic nitrogens is 4. The molecule has 2 heterocycles. The van der Waals surface area contributed by atoms with Crippen molar-refractivity contribution in [2.24, 2.45) is 0 Å². The first-order chi connectivity index (χ1) is 8.69. The summed E-state index contributed by atoms with van der Waals surface area (Å²) in [6.07, 6.45) is 5.07. The maximum Gasteiger partial charge on any atom is 0.263 e. The quantitative estimate of drug-likeness (QED) is 0.922. The van der Waals surface area contributed by atoms with Crippen molar-refractivity contribution >= 4 is 21.7 Å². The Morgan fingerprint density at radius 3 is 3.11 bits per heavy atom. The summed E-state index contributed by atoms with van der Waals surface area (Å²) in [5.41, 5.74) is 5.63. The van der Waals surface area contributed by atoms with E-state index in [-0.39, 0.29) is 11.7 Å². The van der Waals surface area contributed by atoms with E-state index in [0.29, 0.717) is 23.3 Å². The molecule has 0 radical (unpaired) electrons. The molecule has 0 aliphatic rings. The molecule has 0 spiro atoms. The van der Waals surface area contributed by atoms with E-state index in [9.17, 15) is 0 Å². The van der Waals surface area contributed by atoms with E-state index >= 15 is 0 Å². The summed E-state index contributed by atoms with van der Waals surface area (Å²) in [5, 5.41) is 12.5. The largest absolute Gasteiger partial charge is 0.433 e. The summed E-state index contributed by atoms with van der Waals surface area (Å²) >= 11 is 3.18. The van der Waals surface area contributed by atoms with Crippen LogP contribution in [-0.2, 0) is 6.54 Å². The number of rotatable bonds is 4. The van der Waals surface area contributed by atoms with Crippen molar-refractivity contribution in [3.8, 4) is 17.7 Å². The van der Waals surface area contributed by atoms with Crippen molar-refractivity contribution in [2.45, 2.75) is 13.0 Å². The van der Waals surface area contributed by atoms with Crippen LogP contribution in [0.4, 0.5) is 5.82 Å². The molecule has 2 aromatic rings. The lowest BCUT2D eigenvalue weighted by Gasteiger charge is -2.03. The zero-order chi connectivity index (χ0) is 13.0. The minimum absolute atomic E-state index is 0.197. The first-order valence-electron chi connectivity index (χ1n) is 5.04. The zero-order valence-electron chi connectivity index (χ0n) is 9.25. The van der Waals surface area contributed by atoms with Crippen molar-refractivity contribution in [1.29, 1.82) is 5.26 Å². The van der Waals surface area contributed by atoms with Gasteiger partial charge in [0.05, 0.1) is 37.6 Å². The molecule has 0 aliphatic heterocycles. The van der Waals surface area contributed by atoms with Crippen molar-refractivity contribution in [3.63, 3.8) is 0 Å². The lowest BCUT2D eigenvalue weighted by molar-refractivity contribution is 0.460. The molecule has 0 atom stereocenters. The topological polar surface area (TPSA) is 103 Å². The summed E-state index contributed by atoms with van der Waals surface area (Å²) in [4.78, 5) is 7.96. The van der Waals surface area contributed by atoms with Crippen LogP contribution in [-0.4, -0.2) is 19.7 Å². The monoisotopic (exact) mass is 308 g/mol. The molecular formula is C10H9BrN6O. The first kappa shape index (κ1) is 12.3. The highest BCUT2D eigenvalue weighted by Crippen LogP contribution is 2.24. The van der Waals surface area contributed by atoms with Crippen molar-refractivity contribution in [2.75, 3.05) is 5.73 Å². The SMILES string of the molecule is N#CCCn1cc(Oc2nc(Br)cnc2N)cn1. The Bertz CT molecular complexity index is 590. The number of ether oxygens (including phenoxy) is 1. The molecule has 0 aromatic carbocycles. The number of nitrogen functional groups attached to an aromatic ring is 1. The van der Waals surface area contributed by atoms with E-state index in [1.807, 2.05) is 6.07 Å². The molecule has 0 amide bonds. The second kappa shape index (κ2) is 5.46. The molecule has 0 aliphatic carbocycles. The van der Waals surface area contributed by atoms with Crippen molar-refractivity contribution in [3.05, 3.63) is 23.2 Å². The lowest BCUT2D eigenvalue weighted by Crippen LogP contribution is -1.98. The Morgan fingerprint density at radius 1 is 1.50 bits per heavy atom. The van der Waals surface area contributed by atoms with Gasteiger partial charge in [-0.15, -0.1) is 0 Å². The minimum atomic E-state index is 0.197. The number of halogens is 1. The van der Waals surface area contributed by atoms with E-state index < -0.39 is 0 Å². The van der Waals surface area contributed by atoms with Crippen LogP contribution in [0.15, 0.2) is 23.2 Å². The Morgan fingerprint density at radius 2 is 2.33 bits per heavy atom. The van der Waals surface area contributed by atoms with Crippen molar-refractivity contribution < 1.29 is 4.74 Å². The Balaban J connectivity index is 2.11. The molecule has 2 N–H and O–H groups in total. The highest BCUT2D eigenvalue weighted by Gasteiger charge is 2.08. The van der Waals surface area contributed by atoms with Crippen LogP contribution in [0.25, 0.3) is 0 Å². The van der Waals surface area contributed by atoms with Crippen LogP contribution in [0.1, 0.15) is 6.42 Å². The van der Waals surface area contributed by atoms with E-state index in [0.717, 1.165) is 0 Å². The zero-order valence-corrected chi connectivity index (χ0v) is 10.8. The number of aryl methyl sites for hydroxylation is 1. The average Bonchev–Trinajstić information content (AvgIpc) is 2.79. The molecule has 7 nitrogen and oxygen atoms in total. The van der Waals surface area contributed by atoms with Gasteiger partial charge in [-0.1, -0.05) is 0 Å². The number of nitriles is 1. The first-order valence-corrected chi connectivity index (χ1v) is 5.83. The third kappa shape index (κ3) is 2.95. The second-order valence-corrected chi connectivity index (χ2v) is 4.14. The maximum atomic E-state index is 8.47. The molecule has 18 heavy (non-hydrogen) atoms. The van der Waals surface area contributed by atoms with E-state index in [1.54, 1.807) is 10.9 Å². The molecule has 2 rings (SSSR count). The summed E-state index contributed by atoms with van der Waals surface area (Å²) in [7, 11) is 0. The van der Waals surface area contributed by atoms with Gasteiger partial charge in [0.1, 0.15) is 4.60 Å². The number of nitrogens with zero attached hydrogens (tertiary/aromatic N) is 5. The van der Waals surface area contributed by atoms with Gasteiger partial charge < -0.3 is 10.5 Å². The molecule has 0 unspecified atom stereocenters. The molecular weight excluding hydrogens is 300 g/mol. The summed E-state index contributed by atoms with van der Waals surface area (Å²) in [5.74, 6) is 0.902. The molecule has 0 bridgehead atoms. The Labute approximate surface area is 111 Å². The number of hydrogen-bond donors (Lipinski definition) is 1. The fourth-order valence-corrected chi connectivity index (χ4v) is 1.50. The third-order valence-electron chi connectivity index (χ3n) is 2.01. The van der Waals surface area contributed by atoms with Gasteiger partial charge in [0, 0.05) is 0 Å². The fraction of sp³-hybridized carbons (Fsp3) is 0.200. The highest BCUT2D eigenvalue weighted by molar-refractivity contribution is 9.10. The minimum Gasteiger partial charge on any atom is -0.433 e. The highest BCUT2D eigenvalue weighted by atomic mass is 79.9. The normalized spacial score (nSPS) is 10.0. The van der Waals surface area contributed by atoms with Crippen LogP contribution in [0, 0.1) is 11.3 Å². The van der Waals surface area contributed by atoms with E-state index in [1.165, 1.54) is 12.4 Å². The molecule has 0 fully saturated rings. The molecule has 0 saturated carbocycles. The molecule has 92 valence electrons. The van der Waals surface area contributed by atoms with Gasteiger partial charge >= 0.3 is 0 Å². The number of nitrogens with two attached hydrogens (primary N) is 1. The van der Waals surface area contributed by atoms with Gasteiger partial charge in [0.2, 0.25) is 0 Å². The van der Waals surface area contributed by atoms with E-state index in [2.05, 4.69) is 31.0 Å². The van der Waals surface area contributed by atoms with Gasteiger partial charge in [0.15, 0.2) is 11.6 Å². The fourth-order valence-electron chi connectivity index (χ4n) is 1.23. The Kier molecular flexibility index (Phi) is 3.74. The standard InChI is InChI=1S/C10H9BrN6O/c11-8-5-14-9(13)10(16-8)18-7-4-15-17(6-7)3-1-2-12/h4-6H,1,3H2,(H2,13,14). The maximum absolute atomic E-state index is 8.47. The van der Waals surface area contributed by atoms with Crippen LogP contribution in [0.5, 0.6) is 11.6 Å². The second-order valence-electron chi connectivity index (χ2n) is 3.33. The Hall–Kier alpha value is -2.14. The average molecular weight is 309 g/mol. The van der Waals surface area contributed by atoms with E-state index in [4.69, 9.17) is 15.7 Å². The summed E-state index contributed by atoms with van der Waals surface area (Å²) in [6.45, 7) is 0.513. The molecule has 2 aromatic heterocycles.